The van der Waals surface area contributed by atoms with E-state index in [9.17, 15) is 10.1 Å². The first-order chi connectivity index (χ1) is 18.4. The number of benzene rings is 2. The number of halogens is 1. The minimum atomic E-state index is -0.286. The summed E-state index contributed by atoms with van der Waals surface area (Å²) in [7, 11) is 3.85. The lowest BCUT2D eigenvalue weighted by Crippen LogP contribution is -2.13. The van der Waals surface area contributed by atoms with Crippen molar-refractivity contribution in [1.82, 2.24) is 19.4 Å². The Kier molecular flexibility index (Phi) is 8.58. The molecule has 0 bridgehead atoms. The van der Waals surface area contributed by atoms with Crippen molar-refractivity contribution in [1.29, 1.82) is 5.26 Å². The number of hydrogen-bond acceptors (Lipinski definition) is 7. The fraction of sp³-hybridized carbons (Fsp3) is 0.214. The van der Waals surface area contributed by atoms with Gasteiger partial charge < -0.3 is 24.8 Å². The molecule has 2 heterocycles. The topological polar surface area (TPSA) is 108 Å². The molecule has 0 fully saturated rings. The number of imidazole rings is 1. The van der Waals surface area contributed by atoms with Crippen molar-refractivity contribution in [2.75, 3.05) is 37.9 Å². The molecule has 0 aliphatic carbocycles. The SMILES string of the molecule is CCOc1cc2ncc(C#N)c(Nc3ccc(Cn4ccnc4)c(Cl)c3)c2cc1NC(=O)C=CCN(C)C. The van der Waals surface area contributed by atoms with Crippen molar-refractivity contribution in [2.24, 2.45) is 0 Å². The minimum absolute atomic E-state index is 0.286. The normalized spacial score (nSPS) is 11.2. The number of aromatic nitrogens is 3. The fourth-order valence-electron chi connectivity index (χ4n) is 3.83. The summed E-state index contributed by atoms with van der Waals surface area (Å²) in [5.74, 6) is 0.204. The van der Waals surface area contributed by atoms with Gasteiger partial charge in [0.15, 0.2) is 0 Å². The molecule has 2 aromatic carbocycles. The number of ether oxygens (including phenoxy) is 1. The van der Waals surface area contributed by atoms with E-state index in [1.54, 1.807) is 30.7 Å². The Morgan fingerprint density at radius 1 is 1.29 bits per heavy atom. The van der Waals surface area contributed by atoms with Crippen LogP contribution in [0.5, 0.6) is 5.75 Å². The number of fused-ring (bicyclic) bond motifs is 1. The first-order valence-electron chi connectivity index (χ1n) is 12.0. The van der Waals surface area contributed by atoms with Gasteiger partial charge in [-0.1, -0.05) is 23.7 Å². The molecule has 2 aromatic heterocycles. The standard InChI is InChI=1S/C28H28ClN7O2/c1-4-38-26-14-24-22(13-25(26)34-27(37)6-5-10-35(2)3)28(20(15-30)16-32-24)33-21-8-7-19(23(29)12-21)17-36-11-9-31-18-36/h5-9,11-14,16,18H,4,10,17H2,1-3H3,(H,32,33)(H,34,37). The number of carbonyl (C=O) groups excluding carboxylic acids is 1. The molecule has 2 N–H and O–H groups in total. The Morgan fingerprint density at radius 2 is 2.13 bits per heavy atom. The third-order valence-electron chi connectivity index (χ3n) is 5.62. The summed E-state index contributed by atoms with van der Waals surface area (Å²) < 4.78 is 7.71. The Morgan fingerprint density at radius 3 is 2.82 bits per heavy atom. The molecule has 9 nitrogen and oxygen atoms in total. The van der Waals surface area contributed by atoms with E-state index in [1.165, 1.54) is 12.3 Å². The van der Waals surface area contributed by atoms with Crippen molar-refractivity contribution in [3.05, 3.63) is 83.6 Å². The summed E-state index contributed by atoms with van der Waals surface area (Å²) in [4.78, 5) is 23.1. The molecule has 1 amide bonds. The van der Waals surface area contributed by atoms with Gasteiger partial charge in [-0.25, -0.2) is 4.98 Å². The van der Waals surface area contributed by atoms with Crippen molar-refractivity contribution in [2.45, 2.75) is 13.5 Å². The quantitative estimate of drug-likeness (QED) is 0.272. The second-order valence-electron chi connectivity index (χ2n) is 8.78. The van der Waals surface area contributed by atoms with Crippen LogP contribution in [0.1, 0.15) is 18.1 Å². The van der Waals surface area contributed by atoms with E-state index in [0.717, 1.165) is 5.56 Å². The summed E-state index contributed by atoms with van der Waals surface area (Å²) in [6.07, 6.45) is 10.1. The molecular formula is C28H28ClN7O2. The second-order valence-corrected chi connectivity index (χ2v) is 9.18. The molecule has 0 saturated heterocycles. The van der Waals surface area contributed by atoms with Crippen molar-refractivity contribution >= 4 is 45.5 Å². The summed E-state index contributed by atoms with van der Waals surface area (Å²) in [5.41, 5.74) is 3.64. The molecule has 194 valence electrons. The highest BCUT2D eigenvalue weighted by Crippen LogP contribution is 2.36. The van der Waals surface area contributed by atoms with E-state index in [1.807, 2.05) is 54.9 Å². The molecule has 0 unspecified atom stereocenters. The van der Waals surface area contributed by atoms with Crippen LogP contribution in [-0.4, -0.2) is 52.6 Å². The van der Waals surface area contributed by atoms with Gasteiger partial charge in [0.05, 0.1) is 35.4 Å². The fourth-order valence-corrected chi connectivity index (χ4v) is 4.07. The third-order valence-corrected chi connectivity index (χ3v) is 5.97. The predicted octanol–water partition coefficient (Wildman–Crippen LogP) is 5.20. The van der Waals surface area contributed by atoms with Crippen LogP contribution in [-0.2, 0) is 11.3 Å². The number of rotatable bonds is 10. The highest BCUT2D eigenvalue weighted by atomic mass is 35.5. The number of likely N-dealkylation sites (N-methyl/N-ethyl adjacent to an activating group) is 1. The molecule has 38 heavy (non-hydrogen) atoms. The van der Waals surface area contributed by atoms with E-state index < -0.39 is 0 Å². The van der Waals surface area contributed by atoms with E-state index in [0.29, 0.717) is 64.0 Å². The zero-order chi connectivity index (χ0) is 27.1. The van der Waals surface area contributed by atoms with Gasteiger partial charge in [0.2, 0.25) is 5.91 Å². The van der Waals surface area contributed by atoms with Crippen LogP contribution in [0, 0.1) is 11.3 Å². The summed E-state index contributed by atoms with van der Waals surface area (Å²) in [6, 6.07) is 11.4. The van der Waals surface area contributed by atoms with E-state index in [4.69, 9.17) is 16.3 Å². The van der Waals surface area contributed by atoms with Gasteiger partial charge in [0, 0.05) is 59.9 Å². The molecule has 0 atom stereocenters. The molecule has 0 aliphatic rings. The number of amides is 1. The molecule has 0 saturated carbocycles. The lowest BCUT2D eigenvalue weighted by molar-refractivity contribution is -0.111. The monoisotopic (exact) mass is 529 g/mol. The molecule has 4 rings (SSSR count). The van der Waals surface area contributed by atoms with Gasteiger partial charge in [0.1, 0.15) is 11.8 Å². The number of anilines is 3. The van der Waals surface area contributed by atoms with Crippen LogP contribution in [0.15, 0.2) is 67.4 Å². The first-order valence-corrected chi connectivity index (χ1v) is 12.4. The molecule has 10 heteroatoms. The Labute approximate surface area is 226 Å². The third kappa shape index (κ3) is 6.48. The number of hydrogen-bond donors (Lipinski definition) is 2. The van der Waals surface area contributed by atoms with Gasteiger partial charge in [-0.15, -0.1) is 0 Å². The van der Waals surface area contributed by atoms with E-state index >= 15 is 0 Å². The minimum Gasteiger partial charge on any atom is -0.492 e. The van der Waals surface area contributed by atoms with Crippen LogP contribution in [0.2, 0.25) is 5.02 Å². The summed E-state index contributed by atoms with van der Waals surface area (Å²) in [5, 5.41) is 17.3. The molecule has 4 aromatic rings. The van der Waals surface area contributed by atoms with Gasteiger partial charge in [-0.3, -0.25) is 9.78 Å². The van der Waals surface area contributed by atoms with Crippen molar-refractivity contribution < 1.29 is 9.53 Å². The molecule has 0 spiro atoms. The Bertz CT molecular complexity index is 1510. The average Bonchev–Trinajstić information content (AvgIpc) is 3.39. The largest absolute Gasteiger partial charge is 0.492 e. The van der Waals surface area contributed by atoms with Crippen LogP contribution in [0.3, 0.4) is 0 Å². The Balaban J connectivity index is 1.69. The van der Waals surface area contributed by atoms with E-state index in [2.05, 4.69) is 26.7 Å². The van der Waals surface area contributed by atoms with Crippen molar-refractivity contribution in [3.63, 3.8) is 0 Å². The average molecular weight is 530 g/mol. The van der Waals surface area contributed by atoms with Gasteiger partial charge in [-0.2, -0.15) is 5.26 Å². The lowest BCUT2D eigenvalue weighted by Gasteiger charge is -2.16. The van der Waals surface area contributed by atoms with Crippen LogP contribution >= 0.6 is 11.6 Å². The van der Waals surface area contributed by atoms with Crippen LogP contribution in [0.25, 0.3) is 10.9 Å². The zero-order valence-corrected chi connectivity index (χ0v) is 22.2. The predicted molar refractivity (Wildman–Crippen MR) is 150 cm³/mol. The number of carbonyl (C=O) groups is 1. The highest BCUT2D eigenvalue weighted by molar-refractivity contribution is 6.31. The number of nitrogens with one attached hydrogen (secondary N) is 2. The molecule has 0 aliphatic heterocycles. The van der Waals surface area contributed by atoms with E-state index in [-0.39, 0.29) is 5.91 Å². The van der Waals surface area contributed by atoms with Crippen LogP contribution < -0.4 is 15.4 Å². The molecular weight excluding hydrogens is 502 g/mol. The van der Waals surface area contributed by atoms with Gasteiger partial charge in [0.25, 0.3) is 0 Å². The maximum atomic E-state index is 12.6. The number of pyridine rings is 1. The Hall–Kier alpha value is -4.39. The number of nitriles is 1. The first kappa shape index (κ1) is 26.7. The zero-order valence-electron chi connectivity index (χ0n) is 21.4. The highest BCUT2D eigenvalue weighted by Gasteiger charge is 2.16. The lowest BCUT2D eigenvalue weighted by atomic mass is 10.1. The maximum absolute atomic E-state index is 12.6. The smallest absolute Gasteiger partial charge is 0.248 e. The summed E-state index contributed by atoms with van der Waals surface area (Å²) >= 11 is 6.58. The van der Waals surface area contributed by atoms with Crippen LogP contribution in [0.4, 0.5) is 17.1 Å². The molecule has 0 radical (unpaired) electrons. The number of nitrogens with zero attached hydrogens (tertiary/aromatic N) is 5. The summed E-state index contributed by atoms with van der Waals surface area (Å²) in [6.45, 7) is 3.51. The van der Waals surface area contributed by atoms with Crippen molar-refractivity contribution in [3.8, 4) is 11.8 Å². The van der Waals surface area contributed by atoms with Gasteiger partial charge in [-0.05, 0) is 44.8 Å². The van der Waals surface area contributed by atoms with Gasteiger partial charge >= 0.3 is 0 Å². The second kappa shape index (κ2) is 12.2. The maximum Gasteiger partial charge on any atom is 0.248 e.